The van der Waals surface area contributed by atoms with Gasteiger partial charge in [-0.05, 0) is 37.1 Å². The number of phenols is 1. The lowest BCUT2D eigenvalue weighted by molar-refractivity contribution is 0.407. The van der Waals surface area contributed by atoms with E-state index in [9.17, 15) is 4.39 Å². The lowest BCUT2D eigenvalue weighted by atomic mass is 10.0. The minimum atomic E-state index is -0.659. The first kappa shape index (κ1) is 18.7. The van der Waals surface area contributed by atoms with Gasteiger partial charge in [-0.1, -0.05) is 6.92 Å². The molecule has 0 atom stereocenters. The predicted octanol–water partition coefficient (Wildman–Crippen LogP) is 3.87. The third-order valence-electron chi connectivity index (χ3n) is 4.47. The van der Waals surface area contributed by atoms with Crippen LogP contribution in [0, 0.1) is 12.7 Å². The van der Waals surface area contributed by atoms with Gasteiger partial charge in [0.15, 0.2) is 11.6 Å². The number of rotatable bonds is 2. The normalized spacial score (nSPS) is 10.9. The first-order valence-electron chi connectivity index (χ1n) is 8.66. The molecular formula is C20H23FN4O2. The van der Waals surface area contributed by atoms with Crippen molar-refractivity contribution in [2.24, 2.45) is 14.1 Å². The van der Waals surface area contributed by atoms with E-state index >= 15 is 0 Å². The lowest BCUT2D eigenvalue weighted by Gasteiger charge is -2.10. The number of aryl methyl sites for hydroxylation is 4. The standard InChI is InChI=1S/C12H16N2O.C8H7FN2O/c1-5-9-6-10-7-14(3)13-11(10)8(2)12(9)15-4;1-11-4-5-2-3-6(12)7(9)8(5)10-11/h6-7H,5H2,1-4H3;2-4,12H,1H3. The number of methoxy groups -OCH3 is 1. The van der Waals surface area contributed by atoms with Crippen LogP contribution in [0.1, 0.15) is 18.1 Å². The summed E-state index contributed by atoms with van der Waals surface area (Å²) in [6, 6.07) is 5.11. The second kappa shape index (κ2) is 7.26. The van der Waals surface area contributed by atoms with Gasteiger partial charge in [0.25, 0.3) is 0 Å². The first-order valence-corrected chi connectivity index (χ1v) is 8.66. The van der Waals surface area contributed by atoms with E-state index in [2.05, 4.69) is 30.1 Å². The molecule has 0 saturated heterocycles. The molecule has 2 heterocycles. The number of fused-ring (bicyclic) bond motifs is 2. The van der Waals surface area contributed by atoms with Crippen molar-refractivity contribution in [2.75, 3.05) is 7.11 Å². The van der Waals surface area contributed by atoms with E-state index in [4.69, 9.17) is 9.84 Å². The molecular weight excluding hydrogens is 347 g/mol. The van der Waals surface area contributed by atoms with Crippen LogP contribution in [-0.2, 0) is 20.5 Å². The molecule has 4 aromatic rings. The largest absolute Gasteiger partial charge is 0.505 e. The van der Waals surface area contributed by atoms with Crippen molar-refractivity contribution in [3.05, 3.63) is 47.5 Å². The van der Waals surface area contributed by atoms with Gasteiger partial charge in [-0.25, -0.2) is 4.39 Å². The maximum Gasteiger partial charge on any atom is 0.192 e. The summed E-state index contributed by atoms with van der Waals surface area (Å²) < 4.78 is 21.9. The van der Waals surface area contributed by atoms with Crippen molar-refractivity contribution in [3.63, 3.8) is 0 Å². The molecule has 0 unspecified atom stereocenters. The van der Waals surface area contributed by atoms with Crippen molar-refractivity contribution in [1.82, 2.24) is 19.6 Å². The van der Waals surface area contributed by atoms with Gasteiger partial charge in [-0.3, -0.25) is 9.36 Å². The van der Waals surface area contributed by atoms with Crippen LogP contribution >= 0.6 is 0 Å². The molecule has 2 aromatic carbocycles. The molecule has 0 fully saturated rings. The maximum absolute atomic E-state index is 13.1. The quantitative estimate of drug-likeness (QED) is 0.582. The predicted molar refractivity (Wildman–Crippen MR) is 104 cm³/mol. The van der Waals surface area contributed by atoms with Crippen LogP contribution in [0.25, 0.3) is 21.8 Å². The highest BCUT2D eigenvalue weighted by Gasteiger charge is 2.12. The minimum absolute atomic E-state index is 0.206. The number of ether oxygens (including phenoxy) is 1. The minimum Gasteiger partial charge on any atom is -0.505 e. The monoisotopic (exact) mass is 370 g/mol. The molecule has 0 spiro atoms. The van der Waals surface area contributed by atoms with Gasteiger partial charge in [0.05, 0.1) is 12.6 Å². The highest BCUT2D eigenvalue weighted by molar-refractivity contribution is 5.85. The molecule has 1 N–H and O–H groups in total. The van der Waals surface area contributed by atoms with Crippen LogP contribution in [0.2, 0.25) is 0 Å². The van der Waals surface area contributed by atoms with E-state index < -0.39 is 5.82 Å². The van der Waals surface area contributed by atoms with Crippen molar-refractivity contribution in [2.45, 2.75) is 20.3 Å². The summed E-state index contributed by atoms with van der Waals surface area (Å²) in [6.07, 6.45) is 4.72. The van der Waals surface area contributed by atoms with E-state index in [1.165, 1.54) is 21.7 Å². The van der Waals surface area contributed by atoms with E-state index in [1.807, 2.05) is 17.9 Å². The summed E-state index contributed by atoms with van der Waals surface area (Å²) in [6.45, 7) is 4.20. The smallest absolute Gasteiger partial charge is 0.192 e. The Labute approximate surface area is 156 Å². The first-order chi connectivity index (χ1) is 12.8. The van der Waals surface area contributed by atoms with Crippen LogP contribution in [0.3, 0.4) is 0 Å². The summed E-state index contributed by atoms with van der Waals surface area (Å²) in [7, 11) is 5.37. The second-order valence-corrected chi connectivity index (χ2v) is 6.43. The Bertz CT molecular complexity index is 1110. The molecule has 7 heteroatoms. The second-order valence-electron chi connectivity index (χ2n) is 6.43. The molecule has 2 aromatic heterocycles. The Morgan fingerprint density at radius 2 is 1.70 bits per heavy atom. The molecule has 0 amide bonds. The molecule has 0 aliphatic carbocycles. The van der Waals surface area contributed by atoms with Crippen LogP contribution < -0.4 is 4.74 Å². The van der Waals surface area contributed by atoms with Crippen LogP contribution in [-0.4, -0.2) is 31.8 Å². The van der Waals surface area contributed by atoms with Gasteiger partial charge in [0, 0.05) is 42.8 Å². The van der Waals surface area contributed by atoms with Crippen molar-refractivity contribution in [3.8, 4) is 11.5 Å². The van der Waals surface area contributed by atoms with Gasteiger partial charge in [-0.2, -0.15) is 10.2 Å². The Balaban J connectivity index is 0.000000159. The summed E-state index contributed by atoms with van der Waals surface area (Å²) in [5, 5.41) is 19.2. The molecule has 6 nitrogen and oxygen atoms in total. The number of hydrogen-bond acceptors (Lipinski definition) is 4. The van der Waals surface area contributed by atoms with Gasteiger partial charge in [0.2, 0.25) is 0 Å². The number of phenolic OH excluding ortho intramolecular Hbond substituents is 1. The molecule has 0 radical (unpaired) electrons. The van der Waals surface area contributed by atoms with Gasteiger partial charge in [0.1, 0.15) is 11.3 Å². The Morgan fingerprint density at radius 3 is 2.33 bits per heavy atom. The van der Waals surface area contributed by atoms with E-state index in [1.54, 1.807) is 26.4 Å². The molecule has 0 saturated carbocycles. The number of halogens is 1. The lowest BCUT2D eigenvalue weighted by Crippen LogP contribution is -1.94. The Morgan fingerprint density at radius 1 is 1.07 bits per heavy atom. The van der Waals surface area contributed by atoms with E-state index in [0.717, 1.165) is 23.3 Å². The third-order valence-corrected chi connectivity index (χ3v) is 4.47. The van der Waals surface area contributed by atoms with Crippen LogP contribution in [0.15, 0.2) is 30.6 Å². The van der Waals surface area contributed by atoms with Crippen LogP contribution in [0.5, 0.6) is 11.5 Å². The number of aromatic hydroxyl groups is 1. The molecule has 0 bridgehead atoms. The van der Waals surface area contributed by atoms with Gasteiger partial charge < -0.3 is 9.84 Å². The Kier molecular flexibility index (Phi) is 5.03. The molecule has 4 rings (SSSR count). The van der Waals surface area contributed by atoms with Crippen molar-refractivity contribution < 1.29 is 14.2 Å². The number of benzene rings is 2. The van der Waals surface area contributed by atoms with Crippen molar-refractivity contribution in [1.29, 1.82) is 0 Å². The fourth-order valence-corrected chi connectivity index (χ4v) is 3.21. The fourth-order valence-electron chi connectivity index (χ4n) is 3.21. The SMILES string of the molecule is CCc1cc2cn(C)nc2c(C)c1OC.Cn1cc2ccc(O)c(F)c2n1. The maximum atomic E-state index is 13.1. The number of aromatic nitrogens is 4. The van der Waals surface area contributed by atoms with E-state index in [0.29, 0.717) is 5.39 Å². The van der Waals surface area contributed by atoms with E-state index in [-0.39, 0.29) is 11.3 Å². The highest BCUT2D eigenvalue weighted by atomic mass is 19.1. The highest BCUT2D eigenvalue weighted by Crippen LogP contribution is 2.30. The average Bonchev–Trinajstić information content (AvgIpc) is 3.21. The zero-order valence-corrected chi connectivity index (χ0v) is 16.1. The zero-order chi connectivity index (χ0) is 19.7. The van der Waals surface area contributed by atoms with Crippen molar-refractivity contribution >= 4 is 21.8 Å². The average molecular weight is 370 g/mol. The topological polar surface area (TPSA) is 65.1 Å². The third kappa shape index (κ3) is 3.45. The Hall–Kier alpha value is -3.09. The van der Waals surface area contributed by atoms with Gasteiger partial charge in [-0.15, -0.1) is 0 Å². The summed E-state index contributed by atoms with van der Waals surface area (Å²) >= 11 is 0. The molecule has 142 valence electrons. The number of hydrogen-bond donors (Lipinski definition) is 1. The van der Waals surface area contributed by atoms with Gasteiger partial charge >= 0.3 is 0 Å². The summed E-state index contributed by atoms with van der Waals surface area (Å²) in [5.41, 5.74) is 3.62. The number of nitrogens with zero attached hydrogens (tertiary/aromatic N) is 4. The fraction of sp³-hybridized carbons (Fsp3) is 0.300. The summed E-state index contributed by atoms with van der Waals surface area (Å²) in [4.78, 5) is 0. The molecule has 0 aliphatic rings. The zero-order valence-electron chi connectivity index (χ0n) is 16.1. The summed E-state index contributed by atoms with van der Waals surface area (Å²) in [5.74, 6) is -0.0435. The molecule has 27 heavy (non-hydrogen) atoms. The van der Waals surface area contributed by atoms with Crippen LogP contribution in [0.4, 0.5) is 4.39 Å². The molecule has 0 aliphatic heterocycles.